The molecule has 8 heteroatoms. The Kier molecular flexibility index (Phi) is 4.64. The van der Waals surface area contributed by atoms with Crippen molar-refractivity contribution in [2.75, 3.05) is 0 Å². The second-order valence-electron chi connectivity index (χ2n) is 6.18. The van der Waals surface area contributed by atoms with Gasteiger partial charge in [-0.25, -0.2) is 18.2 Å². The number of rotatable bonds is 4. The number of fused-ring (bicyclic) bond motifs is 1. The van der Waals surface area contributed by atoms with Gasteiger partial charge in [0.05, 0.1) is 12.2 Å². The van der Waals surface area contributed by atoms with Gasteiger partial charge in [-0.2, -0.15) is 0 Å². The summed E-state index contributed by atoms with van der Waals surface area (Å²) in [5.74, 6) is -2.93. The van der Waals surface area contributed by atoms with Crippen molar-refractivity contribution in [3.8, 4) is 11.3 Å². The van der Waals surface area contributed by atoms with Crippen LogP contribution < -0.4 is 5.32 Å². The summed E-state index contributed by atoms with van der Waals surface area (Å²) in [5.41, 5.74) is 1.76. The standard InChI is InChI=1S/C20H14F3N3OS/c1-11-17(9-24-19(27)18-14(22)3-2-4-15(18)23)28-20-25-16(10-26(11)20)12-5-7-13(21)8-6-12/h2-8,10H,9H2,1H3,(H,24,27). The number of thiazole rings is 1. The van der Waals surface area contributed by atoms with Crippen LogP contribution >= 0.6 is 11.3 Å². The molecule has 2 aromatic heterocycles. The van der Waals surface area contributed by atoms with E-state index in [1.165, 1.54) is 29.5 Å². The lowest BCUT2D eigenvalue weighted by atomic mass is 10.2. The topological polar surface area (TPSA) is 46.4 Å². The Labute approximate surface area is 162 Å². The monoisotopic (exact) mass is 401 g/mol. The molecule has 0 saturated carbocycles. The zero-order chi connectivity index (χ0) is 19.8. The van der Waals surface area contributed by atoms with Crippen LogP contribution in [0.5, 0.6) is 0 Å². The van der Waals surface area contributed by atoms with Gasteiger partial charge in [0.25, 0.3) is 5.91 Å². The molecule has 0 fully saturated rings. The number of hydrogen-bond donors (Lipinski definition) is 1. The average Bonchev–Trinajstić information content (AvgIpc) is 3.20. The molecule has 0 atom stereocenters. The summed E-state index contributed by atoms with van der Waals surface area (Å²) in [6, 6.07) is 9.34. The van der Waals surface area contributed by atoms with E-state index in [0.29, 0.717) is 10.7 Å². The largest absolute Gasteiger partial charge is 0.347 e. The molecule has 0 unspecified atom stereocenters. The number of benzene rings is 2. The van der Waals surface area contributed by atoms with E-state index in [1.54, 1.807) is 12.1 Å². The third-order valence-electron chi connectivity index (χ3n) is 4.39. The van der Waals surface area contributed by atoms with Crippen molar-refractivity contribution in [1.29, 1.82) is 0 Å². The van der Waals surface area contributed by atoms with Gasteiger partial charge in [-0.15, -0.1) is 0 Å². The first kappa shape index (κ1) is 18.2. The maximum Gasteiger partial charge on any atom is 0.257 e. The first-order chi connectivity index (χ1) is 13.4. The number of aromatic nitrogens is 2. The Morgan fingerprint density at radius 1 is 1.11 bits per heavy atom. The lowest BCUT2D eigenvalue weighted by molar-refractivity contribution is 0.0943. The minimum atomic E-state index is -0.904. The van der Waals surface area contributed by atoms with E-state index >= 15 is 0 Å². The molecular formula is C20H14F3N3OS. The molecule has 0 radical (unpaired) electrons. The van der Waals surface area contributed by atoms with Gasteiger partial charge in [0, 0.05) is 22.3 Å². The van der Waals surface area contributed by atoms with Crippen molar-refractivity contribution < 1.29 is 18.0 Å². The average molecular weight is 401 g/mol. The zero-order valence-corrected chi connectivity index (χ0v) is 15.5. The number of aryl methyl sites for hydroxylation is 1. The van der Waals surface area contributed by atoms with E-state index in [9.17, 15) is 18.0 Å². The Morgan fingerprint density at radius 2 is 1.79 bits per heavy atom. The predicted molar refractivity (Wildman–Crippen MR) is 101 cm³/mol. The molecule has 0 bridgehead atoms. The third kappa shape index (κ3) is 3.27. The minimum Gasteiger partial charge on any atom is -0.347 e. The van der Waals surface area contributed by atoms with Gasteiger partial charge in [0.1, 0.15) is 23.0 Å². The molecule has 2 aromatic carbocycles. The number of nitrogens with one attached hydrogen (secondary N) is 1. The SMILES string of the molecule is Cc1c(CNC(=O)c2c(F)cccc2F)sc2nc(-c3ccc(F)cc3)cn12. The van der Waals surface area contributed by atoms with Crippen LogP contribution in [0.3, 0.4) is 0 Å². The van der Waals surface area contributed by atoms with Crippen LogP contribution in [-0.2, 0) is 6.54 Å². The summed E-state index contributed by atoms with van der Waals surface area (Å²) in [5, 5.41) is 2.55. The van der Waals surface area contributed by atoms with Crippen LogP contribution in [0.15, 0.2) is 48.7 Å². The number of amides is 1. The lowest BCUT2D eigenvalue weighted by Crippen LogP contribution is -2.25. The molecule has 142 valence electrons. The molecule has 4 rings (SSSR count). The Bertz CT molecular complexity index is 1160. The summed E-state index contributed by atoms with van der Waals surface area (Å²) in [6.07, 6.45) is 1.83. The molecule has 1 N–H and O–H groups in total. The number of nitrogens with zero attached hydrogens (tertiary/aromatic N) is 2. The number of carbonyl (C=O) groups excluding carboxylic acids is 1. The molecule has 4 aromatic rings. The van der Waals surface area contributed by atoms with Crippen LogP contribution in [-0.4, -0.2) is 15.3 Å². The highest BCUT2D eigenvalue weighted by molar-refractivity contribution is 7.17. The highest BCUT2D eigenvalue weighted by Crippen LogP contribution is 2.27. The summed E-state index contributed by atoms with van der Waals surface area (Å²) in [6.45, 7) is 1.99. The van der Waals surface area contributed by atoms with Gasteiger partial charge in [0.2, 0.25) is 0 Å². The fourth-order valence-electron chi connectivity index (χ4n) is 2.88. The molecule has 0 aliphatic carbocycles. The van der Waals surface area contributed by atoms with E-state index in [2.05, 4.69) is 10.3 Å². The minimum absolute atomic E-state index is 0.123. The molecule has 0 spiro atoms. The number of halogens is 3. The lowest BCUT2D eigenvalue weighted by Gasteiger charge is -2.06. The Balaban J connectivity index is 1.55. The normalized spacial score (nSPS) is 11.1. The van der Waals surface area contributed by atoms with E-state index in [-0.39, 0.29) is 12.4 Å². The smallest absolute Gasteiger partial charge is 0.257 e. The molecule has 2 heterocycles. The second-order valence-corrected chi connectivity index (χ2v) is 7.24. The fourth-order valence-corrected chi connectivity index (χ4v) is 3.92. The van der Waals surface area contributed by atoms with Gasteiger partial charge in [0.15, 0.2) is 4.96 Å². The van der Waals surface area contributed by atoms with Crippen LogP contribution in [0.2, 0.25) is 0 Å². The van der Waals surface area contributed by atoms with Crippen molar-refractivity contribution >= 4 is 22.2 Å². The Morgan fingerprint density at radius 3 is 2.43 bits per heavy atom. The van der Waals surface area contributed by atoms with Crippen molar-refractivity contribution in [2.45, 2.75) is 13.5 Å². The van der Waals surface area contributed by atoms with E-state index in [4.69, 9.17) is 0 Å². The summed E-state index contributed by atoms with van der Waals surface area (Å²) >= 11 is 1.36. The molecule has 1 amide bonds. The quantitative estimate of drug-likeness (QED) is 0.538. The molecule has 4 nitrogen and oxygen atoms in total. The van der Waals surface area contributed by atoms with Crippen LogP contribution in [0.1, 0.15) is 20.9 Å². The highest BCUT2D eigenvalue weighted by Gasteiger charge is 2.18. The van der Waals surface area contributed by atoms with E-state index < -0.39 is 23.1 Å². The van der Waals surface area contributed by atoms with Gasteiger partial charge in [-0.05, 0) is 43.3 Å². The van der Waals surface area contributed by atoms with Gasteiger partial charge in [-0.3, -0.25) is 9.20 Å². The molecular weight excluding hydrogens is 387 g/mol. The third-order valence-corrected chi connectivity index (χ3v) is 5.55. The van der Waals surface area contributed by atoms with Crippen molar-refractivity contribution in [2.24, 2.45) is 0 Å². The molecule has 28 heavy (non-hydrogen) atoms. The number of imidazole rings is 1. The van der Waals surface area contributed by atoms with Gasteiger partial charge in [-0.1, -0.05) is 17.4 Å². The summed E-state index contributed by atoms with van der Waals surface area (Å²) in [4.78, 5) is 18.2. The van der Waals surface area contributed by atoms with Crippen molar-refractivity contribution in [1.82, 2.24) is 14.7 Å². The molecule has 0 aliphatic heterocycles. The second kappa shape index (κ2) is 7.12. The summed E-state index contributed by atoms with van der Waals surface area (Å²) < 4.78 is 42.4. The maximum atomic E-state index is 13.7. The number of carbonyl (C=O) groups is 1. The zero-order valence-electron chi connectivity index (χ0n) is 14.7. The number of hydrogen-bond acceptors (Lipinski definition) is 3. The van der Waals surface area contributed by atoms with Crippen molar-refractivity contribution in [3.05, 3.63) is 82.2 Å². The molecule has 0 saturated heterocycles. The summed E-state index contributed by atoms with van der Waals surface area (Å²) in [7, 11) is 0. The van der Waals surface area contributed by atoms with E-state index in [0.717, 1.165) is 28.3 Å². The predicted octanol–water partition coefficient (Wildman–Crippen LogP) is 4.72. The van der Waals surface area contributed by atoms with Crippen LogP contribution in [0, 0.1) is 24.4 Å². The highest BCUT2D eigenvalue weighted by atomic mass is 32.1. The van der Waals surface area contributed by atoms with Crippen LogP contribution in [0.25, 0.3) is 16.2 Å². The van der Waals surface area contributed by atoms with E-state index in [1.807, 2.05) is 17.5 Å². The van der Waals surface area contributed by atoms with Gasteiger partial charge >= 0.3 is 0 Å². The van der Waals surface area contributed by atoms with Crippen molar-refractivity contribution in [3.63, 3.8) is 0 Å². The first-order valence-electron chi connectivity index (χ1n) is 8.39. The van der Waals surface area contributed by atoms with Gasteiger partial charge < -0.3 is 5.32 Å². The van der Waals surface area contributed by atoms with Crippen LogP contribution in [0.4, 0.5) is 13.2 Å². The first-order valence-corrected chi connectivity index (χ1v) is 9.21. The molecule has 0 aliphatic rings. The maximum absolute atomic E-state index is 13.7. The Hall–Kier alpha value is -3.13. The fraction of sp³-hybridized carbons (Fsp3) is 0.100.